The minimum absolute atomic E-state index is 0.0127. The zero-order chi connectivity index (χ0) is 31.9. The summed E-state index contributed by atoms with van der Waals surface area (Å²) >= 11 is 18.3. The largest absolute Gasteiger partial charge is 0.484 e. The number of ether oxygens (including phenoxy) is 1. The number of rotatable bonds is 6. The SMILES string of the molecule is O=C(COc1cccc([C@@H]2c3sc(=O)[nH]c3S[C@@H]3[C@@H]4C[C@@H]([C@@H]5C(=O)N(c6ccc(Br)cc6)C(=O)[C@@H]45)[C@H]23)c1)Nc1ccc(Cl)c(Cl)c1. The Balaban J connectivity index is 1.08. The van der Waals surface area contributed by atoms with Crippen LogP contribution >= 0.6 is 62.2 Å². The standard InChI is InChI=1S/C33H24BrCl2N3O5S2/c34-15-4-7-17(8-5-15)39-31(41)26-19-12-20(27(26)32(39)42)28-25(19)24(29-30(45-28)38-33(43)46-29)14-2-1-3-18(10-14)44-13-23(40)37-16-6-9-21(35)22(36)11-16/h1-11,19-20,24-28H,12-13H2,(H,37,40)(H,38,43)/t19-,20-,24+,25-,26+,27+,28-/m1/s1. The number of thioether (sulfide) groups is 1. The molecule has 2 aliphatic heterocycles. The average molecular weight is 758 g/mol. The number of hydrogen-bond acceptors (Lipinski definition) is 7. The van der Waals surface area contributed by atoms with Gasteiger partial charge in [0.15, 0.2) is 6.61 Å². The molecule has 0 spiro atoms. The summed E-state index contributed by atoms with van der Waals surface area (Å²) in [6.45, 7) is -0.226. The quantitative estimate of drug-likeness (QED) is 0.202. The van der Waals surface area contributed by atoms with Crippen molar-refractivity contribution in [2.75, 3.05) is 16.8 Å². The molecule has 4 aromatic rings. The minimum Gasteiger partial charge on any atom is -0.484 e. The molecule has 0 radical (unpaired) electrons. The number of nitrogens with zero attached hydrogens (tertiary/aromatic N) is 1. The number of halogens is 3. The topological polar surface area (TPSA) is 109 Å². The highest BCUT2D eigenvalue weighted by Gasteiger charge is 2.69. The zero-order valence-electron chi connectivity index (χ0n) is 23.7. The Morgan fingerprint density at radius 3 is 2.50 bits per heavy atom. The van der Waals surface area contributed by atoms with E-state index in [2.05, 4.69) is 26.2 Å². The van der Waals surface area contributed by atoms with E-state index >= 15 is 0 Å². The summed E-state index contributed by atoms with van der Waals surface area (Å²) in [6, 6.07) is 19.7. The van der Waals surface area contributed by atoms with Gasteiger partial charge in [0.05, 0.1) is 32.6 Å². The molecule has 0 unspecified atom stereocenters. The highest BCUT2D eigenvalue weighted by atomic mass is 79.9. The van der Waals surface area contributed by atoms with E-state index in [0.717, 1.165) is 26.4 Å². The number of hydrogen-bond donors (Lipinski definition) is 2. The number of thiazole rings is 1. The number of carbonyl (C=O) groups is 3. The van der Waals surface area contributed by atoms with Crippen LogP contribution in [-0.4, -0.2) is 34.6 Å². The monoisotopic (exact) mass is 755 g/mol. The van der Waals surface area contributed by atoms with Gasteiger partial charge in [0.1, 0.15) is 5.75 Å². The molecular weight excluding hydrogens is 733 g/mol. The fourth-order valence-corrected chi connectivity index (χ4v) is 11.4. The normalized spacial score (nSPS) is 27.4. The predicted molar refractivity (Wildman–Crippen MR) is 182 cm³/mol. The molecule has 7 atom stereocenters. The maximum Gasteiger partial charge on any atom is 0.305 e. The lowest BCUT2D eigenvalue weighted by molar-refractivity contribution is -0.123. The fraction of sp³-hybridized carbons (Fsp3) is 0.273. The molecule has 3 aromatic carbocycles. The molecule has 1 aromatic heterocycles. The second-order valence-corrected chi connectivity index (χ2v) is 15.9. The second kappa shape index (κ2) is 11.6. The summed E-state index contributed by atoms with van der Waals surface area (Å²) in [4.78, 5) is 58.3. The van der Waals surface area contributed by atoms with Gasteiger partial charge in [-0.15, -0.1) is 11.8 Å². The van der Waals surface area contributed by atoms with Crippen molar-refractivity contribution < 1.29 is 19.1 Å². The van der Waals surface area contributed by atoms with Gasteiger partial charge in [0.2, 0.25) is 11.8 Å². The van der Waals surface area contributed by atoms with Crippen LogP contribution in [0.3, 0.4) is 0 Å². The molecule has 3 amide bonds. The van der Waals surface area contributed by atoms with Crippen LogP contribution in [0.15, 0.2) is 81.0 Å². The number of fused-ring (bicyclic) bond motifs is 9. The van der Waals surface area contributed by atoms with Crippen molar-refractivity contribution >= 4 is 91.3 Å². The van der Waals surface area contributed by atoms with Gasteiger partial charge in [-0.1, -0.05) is 62.6 Å². The first-order valence-corrected chi connectivity index (χ1v) is 17.9. The van der Waals surface area contributed by atoms with E-state index in [9.17, 15) is 19.2 Å². The number of imide groups is 1. The Morgan fingerprint density at radius 2 is 1.74 bits per heavy atom. The van der Waals surface area contributed by atoms with E-state index in [4.69, 9.17) is 27.9 Å². The summed E-state index contributed by atoms with van der Waals surface area (Å²) in [7, 11) is 0. The lowest BCUT2D eigenvalue weighted by Gasteiger charge is -2.43. The van der Waals surface area contributed by atoms with Crippen LogP contribution in [0.5, 0.6) is 5.75 Å². The smallest absolute Gasteiger partial charge is 0.305 e. The van der Waals surface area contributed by atoms with Crippen molar-refractivity contribution in [1.29, 1.82) is 0 Å². The van der Waals surface area contributed by atoms with Crippen LogP contribution in [0.25, 0.3) is 0 Å². The molecular formula is C33H24BrCl2N3O5S2. The van der Waals surface area contributed by atoms with Gasteiger partial charge in [-0.05, 0) is 84.3 Å². The minimum atomic E-state index is -0.396. The van der Waals surface area contributed by atoms with Crippen molar-refractivity contribution in [1.82, 2.24) is 4.98 Å². The van der Waals surface area contributed by atoms with Crippen LogP contribution in [0.4, 0.5) is 11.4 Å². The van der Waals surface area contributed by atoms with Crippen molar-refractivity contribution in [2.24, 2.45) is 29.6 Å². The predicted octanol–water partition coefficient (Wildman–Crippen LogP) is 7.20. The average Bonchev–Trinajstić information content (AvgIpc) is 3.77. The number of carbonyl (C=O) groups excluding carboxylic acids is 3. The first kappa shape index (κ1) is 30.3. The number of benzene rings is 3. The van der Waals surface area contributed by atoms with Crippen LogP contribution in [0, 0.1) is 29.6 Å². The Labute approximate surface area is 289 Å². The van der Waals surface area contributed by atoms with Gasteiger partial charge >= 0.3 is 4.87 Å². The molecule has 2 bridgehead atoms. The van der Waals surface area contributed by atoms with Crippen molar-refractivity contribution in [3.63, 3.8) is 0 Å². The van der Waals surface area contributed by atoms with E-state index in [1.807, 2.05) is 30.3 Å². The van der Waals surface area contributed by atoms with E-state index in [-0.39, 0.29) is 64.0 Å². The van der Waals surface area contributed by atoms with Crippen molar-refractivity contribution in [2.45, 2.75) is 22.6 Å². The van der Waals surface area contributed by atoms with Gasteiger partial charge in [-0.3, -0.25) is 24.1 Å². The highest BCUT2D eigenvalue weighted by Crippen LogP contribution is 2.68. The van der Waals surface area contributed by atoms with E-state index in [0.29, 0.717) is 27.2 Å². The lowest BCUT2D eigenvalue weighted by Crippen LogP contribution is -2.42. The summed E-state index contributed by atoms with van der Waals surface area (Å²) in [5, 5.41) is 4.38. The first-order chi connectivity index (χ1) is 22.2. The van der Waals surface area contributed by atoms with Crippen LogP contribution in [0.1, 0.15) is 22.8 Å². The number of nitrogens with one attached hydrogen (secondary N) is 2. The molecule has 3 heterocycles. The van der Waals surface area contributed by atoms with Crippen LogP contribution < -0.4 is 19.8 Å². The third-order valence-electron chi connectivity index (χ3n) is 9.60. The van der Waals surface area contributed by atoms with Crippen LogP contribution in [0.2, 0.25) is 10.0 Å². The maximum atomic E-state index is 14.0. The maximum absolute atomic E-state index is 14.0. The molecule has 46 heavy (non-hydrogen) atoms. The summed E-state index contributed by atoms with van der Waals surface area (Å²) in [6.07, 6.45) is 0.796. The number of aromatic nitrogens is 1. The van der Waals surface area contributed by atoms with Gasteiger partial charge in [-0.2, -0.15) is 0 Å². The molecule has 13 heteroatoms. The molecule has 4 aliphatic rings. The van der Waals surface area contributed by atoms with Crippen molar-refractivity contribution in [3.8, 4) is 5.75 Å². The molecule has 234 valence electrons. The Hall–Kier alpha value is -3.09. The molecule has 3 fully saturated rings. The molecule has 8 nitrogen and oxygen atoms in total. The van der Waals surface area contributed by atoms with Gasteiger partial charge in [0, 0.05) is 26.2 Å². The third-order valence-corrected chi connectivity index (χ3v) is 13.5. The molecule has 8 rings (SSSR count). The van der Waals surface area contributed by atoms with Gasteiger partial charge < -0.3 is 15.0 Å². The third kappa shape index (κ3) is 4.93. The summed E-state index contributed by atoms with van der Waals surface area (Å²) in [5.74, 6) is -0.988. The lowest BCUT2D eigenvalue weighted by atomic mass is 9.68. The Bertz CT molecular complexity index is 1980. The number of aromatic amines is 1. The Morgan fingerprint density at radius 1 is 0.978 bits per heavy atom. The van der Waals surface area contributed by atoms with Gasteiger partial charge in [0.25, 0.3) is 5.91 Å². The Kier molecular flexibility index (Phi) is 7.60. The number of anilines is 2. The summed E-state index contributed by atoms with van der Waals surface area (Å²) in [5.41, 5.74) is 2.04. The highest BCUT2D eigenvalue weighted by molar-refractivity contribution is 9.10. The summed E-state index contributed by atoms with van der Waals surface area (Å²) < 4.78 is 6.79. The van der Waals surface area contributed by atoms with Crippen molar-refractivity contribution in [3.05, 3.63) is 101 Å². The number of amides is 3. The second-order valence-electron chi connectivity index (χ2n) is 12.0. The van der Waals surface area contributed by atoms with E-state index < -0.39 is 5.92 Å². The zero-order valence-corrected chi connectivity index (χ0v) is 28.5. The first-order valence-electron chi connectivity index (χ1n) is 14.7. The molecule has 2 N–H and O–H groups in total. The number of H-pyrrole nitrogens is 1. The fourth-order valence-electron chi connectivity index (χ4n) is 7.95. The molecule has 1 saturated heterocycles. The van der Waals surface area contributed by atoms with E-state index in [1.165, 1.54) is 16.2 Å². The molecule has 2 saturated carbocycles. The van der Waals surface area contributed by atoms with E-state index in [1.54, 1.807) is 48.2 Å². The van der Waals surface area contributed by atoms with Gasteiger partial charge in [-0.25, -0.2) is 0 Å². The molecule has 2 aliphatic carbocycles. The van der Waals surface area contributed by atoms with Crippen LogP contribution in [-0.2, 0) is 14.4 Å².